The van der Waals surface area contributed by atoms with Crippen LogP contribution in [0.2, 0.25) is 0 Å². The number of pyridine rings is 2. The van der Waals surface area contributed by atoms with Crippen molar-refractivity contribution < 1.29 is 14.6 Å². The molecule has 2 atom stereocenters. The molecule has 1 fully saturated rings. The first kappa shape index (κ1) is 21.9. The van der Waals surface area contributed by atoms with Crippen LogP contribution in [0.4, 0.5) is 10.2 Å². The van der Waals surface area contributed by atoms with Crippen LogP contribution in [0.3, 0.4) is 0 Å². The summed E-state index contributed by atoms with van der Waals surface area (Å²) in [5.74, 6) is 0.150. The quantitative estimate of drug-likeness (QED) is 0.465. The van der Waals surface area contributed by atoms with Gasteiger partial charge in [-0.15, -0.1) is 0 Å². The van der Waals surface area contributed by atoms with Gasteiger partial charge in [0, 0.05) is 46.4 Å². The van der Waals surface area contributed by atoms with Gasteiger partial charge in [-0.05, 0) is 36.4 Å². The van der Waals surface area contributed by atoms with Crippen LogP contribution >= 0.6 is 11.8 Å². The minimum Gasteiger partial charge on any atom is -0.389 e. The third-order valence-corrected chi connectivity index (χ3v) is 6.75. The van der Waals surface area contributed by atoms with E-state index >= 15 is 0 Å². The highest BCUT2D eigenvalue weighted by Gasteiger charge is 2.30. The zero-order valence-electron chi connectivity index (χ0n) is 17.6. The van der Waals surface area contributed by atoms with E-state index in [0.29, 0.717) is 39.8 Å². The Balaban J connectivity index is 1.55. The number of aromatic nitrogens is 3. The first-order chi connectivity index (χ1) is 16.5. The van der Waals surface area contributed by atoms with Crippen LogP contribution in [0.1, 0.15) is 11.1 Å². The first-order valence-corrected chi connectivity index (χ1v) is 11.1. The summed E-state index contributed by atoms with van der Waals surface area (Å²) in [4.78, 5) is 7.55. The number of β-amino-alcohol motifs (C(OH)–C–C–N with tert-alkyl or cyclic N) is 2. The number of nitriles is 2. The highest BCUT2D eigenvalue weighted by atomic mass is 32.2. The lowest BCUT2D eigenvalue weighted by atomic mass is 10.1. The van der Waals surface area contributed by atoms with Crippen molar-refractivity contribution in [1.82, 2.24) is 14.6 Å². The first-order valence-electron chi connectivity index (χ1n) is 10.3. The molecule has 0 amide bonds. The Kier molecular flexibility index (Phi) is 5.64. The fourth-order valence-electron chi connectivity index (χ4n) is 3.90. The molecule has 5 rings (SSSR count). The van der Waals surface area contributed by atoms with Gasteiger partial charge in [0.1, 0.15) is 23.8 Å². The fourth-order valence-corrected chi connectivity index (χ4v) is 4.97. The van der Waals surface area contributed by atoms with E-state index < -0.39 is 18.0 Å². The third kappa shape index (κ3) is 3.95. The predicted octanol–water partition coefficient (Wildman–Crippen LogP) is 2.97. The molecule has 10 heteroatoms. The van der Waals surface area contributed by atoms with Gasteiger partial charge in [-0.1, -0.05) is 11.8 Å². The summed E-state index contributed by atoms with van der Waals surface area (Å²) >= 11 is 1.26. The molecule has 1 saturated heterocycles. The molecule has 168 valence electrons. The minimum atomic E-state index is -0.803. The average Bonchev–Trinajstić information content (AvgIpc) is 3.42. The van der Waals surface area contributed by atoms with E-state index in [0.717, 1.165) is 11.1 Å². The number of fused-ring (bicyclic) bond motifs is 1. The summed E-state index contributed by atoms with van der Waals surface area (Å²) in [7, 11) is 0. The van der Waals surface area contributed by atoms with Gasteiger partial charge in [-0.25, -0.2) is 13.9 Å². The number of aliphatic hydroxyl groups excluding tert-OH is 2. The Hall–Kier alpha value is -3.96. The molecular formula is C24H17FN6O2S. The monoisotopic (exact) mass is 472 g/mol. The van der Waals surface area contributed by atoms with Crippen molar-refractivity contribution in [2.75, 3.05) is 18.0 Å². The molecule has 8 nitrogen and oxygen atoms in total. The zero-order valence-corrected chi connectivity index (χ0v) is 18.4. The Morgan fingerprint density at radius 1 is 0.941 bits per heavy atom. The van der Waals surface area contributed by atoms with E-state index in [4.69, 9.17) is 0 Å². The van der Waals surface area contributed by atoms with Gasteiger partial charge in [0.25, 0.3) is 0 Å². The molecule has 1 aliphatic heterocycles. The SMILES string of the molecule is N#Cc1cc(F)ccc1Sc1cc(-c2ccc(N3CC(O)C(O)C3)nc2)cn2ncc(C#N)c12. The smallest absolute Gasteiger partial charge is 0.128 e. The van der Waals surface area contributed by atoms with Crippen LogP contribution in [0.25, 0.3) is 16.6 Å². The van der Waals surface area contributed by atoms with Crippen LogP contribution in [0.15, 0.2) is 64.8 Å². The van der Waals surface area contributed by atoms with Crippen LogP contribution in [0.5, 0.6) is 0 Å². The van der Waals surface area contributed by atoms with Gasteiger partial charge in [0.2, 0.25) is 0 Å². The molecule has 1 aliphatic rings. The van der Waals surface area contributed by atoms with Crippen molar-refractivity contribution in [3.63, 3.8) is 0 Å². The molecule has 2 unspecified atom stereocenters. The second-order valence-corrected chi connectivity index (χ2v) is 8.94. The highest BCUT2D eigenvalue weighted by molar-refractivity contribution is 7.99. The average molecular weight is 473 g/mol. The van der Waals surface area contributed by atoms with E-state index in [9.17, 15) is 25.1 Å². The Morgan fingerprint density at radius 3 is 2.38 bits per heavy atom. The van der Waals surface area contributed by atoms with Crippen molar-refractivity contribution >= 4 is 23.1 Å². The van der Waals surface area contributed by atoms with Crippen molar-refractivity contribution in [1.29, 1.82) is 10.5 Å². The molecule has 3 aromatic heterocycles. The molecule has 0 aliphatic carbocycles. The summed E-state index contributed by atoms with van der Waals surface area (Å²) in [6.45, 7) is 0.618. The minimum absolute atomic E-state index is 0.201. The normalized spacial score (nSPS) is 17.6. The molecule has 2 N–H and O–H groups in total. The summed E-state index contributed by atoms with van der Waals surface area (Å²) < 4.78 is 15.2. The second-order valence-electron chi connectivity index (χ2n) is 7.86. The van der Waals surface area contributed by atoms with E-state index in [1.165, 1.54) is 30.1 Å². The Bertz CT molecular complexity index is 1460. The summed E-state index contributed by atoms with van der Waals surface area (Å²) in [6, 6.07) is 13.7. The lowest BCUT2D eigenvalue weighted by Crippen LogP contribution is -2.22. The fraction of sp³-hybridized carbons (Fsp3) is 0.167. The number of benzene rings is 1. The molecule has 0 bridgehead atoms. The highest BCUT2D eigenvalue weighted by Crippen LogP contribution is 2.37. The van der Waals surface area contributed by atoms with Crippen LogP contribution < -0.4 is 4.90 Å². The lowest BCUT2D eigenvalue weighted by Gasteiger charge is -2.16. The molecule has 34 heavy (non-hydrogen) atoms. The summed E-state index contributed by atoms with van der Waals surface area (Å²) in [5, 5.41) is 42.9. The van der Waals surface area contributed by atoms with Gasteiger partial charge in [0.05, 0.1) is 35.0 Å². The van der Waals surface area contributed by atoms with Crippen molar-refractivity contribution in [2.24, 2.45) is 0 Å². The third-order valence-electron chi connectivity index (χ3n) is 5.64. The number of aliphatic hydroxyl groups is 2. The van der Waals surface area contributed by atoms with Crippen molar-refractivity contribution in [2.45, 2.75) is 22.0 Å². The van der Waals surface area contributed by atoms with Crippen LogP contribution in [-0.2, 0) is 0 Å². The largest absolute Gasteiger partial charge is 0.389 e. The molecule has 1 aromatic carbocycles. The van der Waals surface area contributed by atoms with E-state index in [1.807, 2.05) is 29.2 Å². The van der Waals surface area contributed by atoms with Gasteiger partial charge in [-0.3, -0.25) is 0 Å². The molecular weight excluding hydrogens is 455 g/mol. The number of nitrogens with zero attached hydrogens (tertiary/aromatic N) is 6. The van der Waals surface area contributed by atoms with E-state index in [2.05, 4.69) is 16.2 Å². The predicted molar refractivity (Wildman–Crippen MR) is 123 cm³/mol. The van der Waals surface area contributed by atoms with E-state index in [-0.39, 0.29) is 5.56 Å². The van der Waals surface area contributed by atoms with Crippen molar-refractivity contribution in [3.8, 4) is 23.3 Å². The number of halogens is 1. The van der Waals surface area contributed by atoms with Gasteiger partial charge in [0.15, 0.2) is 0 Å². The maximum absolute atomic E-state index is 13.6. The molecule has 0 saturated carbocycles. The number of rotatable bonds is 4. The standard InChI is InChI=1S/C24H17FN6O2S/c25-18-2-3-21(15(5-18)7-26)34-22-6-16(11-31-24(22)17(8-27)10-29-31)14-1-4-23(28-9-14)30-12-19(32)20(33)13-30/h1-6,9-11,19-20,32-33H,12-13H2. The topological polar surface area (TPSA) is 121 Å². The maximum atomic E-state index is 13.6. The van der Waals surface area contributed by atoms with E-state index in [1.54, 1.807) is 23.0 Å². The number of hydrogen-bond donors (Lipinski definition) is 2. The van der Waals surface area contributed by atoms with Crippen molar-refractivity contribution in [3.05, 3.63) is 71.9 Å². The Labute approximate surface area is 198 Å². The number of anilines is 1. The van der Waals surface area contributed by atoms with Crippen LogP contribution in [-0.4, -0.2) is 50.1 Å². The summed E-state index contributed by atoms with van der Waals surface area (Å²) in [5.41, 5.74) is 2.75. The molecule has 0 spiro atoms. The van der Waals surface area contributed by atoms with Gasteiger partial charge < -0.3 is 15.1 Å². The van der Waals surface area contributed by atoms with Gasteiger partial charge in [-0.2, -0.15) is 15.6 Å². The summed E-state index contributed by atoms with van der Waals surface area (Å²) in [6.07, 6.45) is 3.35. The molecule has 4 aromatic rings. The lowest BCUT2D eigenvalue weighted by molar-refractivity contribution is 0.0572. The molecule has 4 heterocycles. The maximum Gasteiger partial charge on any atom is 0.128 e. The molecule has 0 radical (unpaired) electrons. The number of hydrogen-bond acceptors (Lipinski definition) is 8. The van der Waals surface area contributed by atoms with Crippen LogP contribution in [0, 0.1) is 28.5 Å². The van der Waals surface area contributed by atoms with Gasteiger partial charge >= 0.3 is 0 Å². The second kappa shape index (κ2) is 8.76. The Morgan fingerprint density at radius 2 is 1.71 bits per heavy atom. The zero-order chi connectivity index (χ0) is 23.8.